The van der Waals surface area contributed by atoms with Crippen LogP contribution in [0.1, 0.15) is 45.9 Å². The third kappa shape index (κ3) is 5.10. The summed E-state index contributed by atoms with van der Waals surface area (Å²) in [7, 11) is -2.09. The van der Waals surface area contributed by atoms with E-state index in [0.29, 0.717) is 36.6 Å². The standard InChI is InChI=1S/C22H34N4O4S/c1-5-24(15-17(3)22(27)30-4)16-21-23-19-14-18(10-11-20(19)26(21)6-2)31(28,29)25-12-8-7-9-13-25/h10-11,14,17H,5-9,12-13,15-16H2,1-4H3. The Morgan fingerprint density at radius 1 is 1.23 bits per heavy atom. The van der Waals surface area contributed by atoms with Gasteiger partial charge in [0.25, 0.3) is 0 Å². The van der Waals surface area contributed by atoms with Crippen molar-refractivity contribution in [2.45, 2.75) is 58.0 Å². The Morgan fingerprint density at radius 3 is 2.55 bits per heavy atom. The van der Waals surface area contributed by atoms with Crippen molar-refractivity contribution in [2.75, 3.05) is 33.3 Å². The summed E-state index contributed by atoms with van der Waals surface area (Å²) in [5, 5.41) is 0. The zero-order chi connectivity index (χ0) is 22.6. The van der Waals surface area contributed by atoms with Gasteiger partial charge in [0, 0.05) is 26.2 Å². The maximum Gasteiger partial charge on any atom is 0.309 e. The molecule has 8 nitrogen and oxygen atoms in total. The Balaban J connectivity index is 1.88. The molecule has 1 saturated heterocycles. The summed E-state index contributed by atoms with van der Waals surface area (Å²) < 4.78 is 34.7. The highest BCUT2D eigenvalue weighted by Gasteiger charge is 2.27. The lowest BCUT2D eigenvalue weighted by Gasteiger charge is -2.25. The van der Waals surface area contributed by atoms with Crippen LogP contribution in [0.3, 0.4) is 0 Å². The van der Waals surface area contributed by atoms with Crippen LogP contribution in [-0.2, 0) is 32.6 Å². The highest BCUT2D eigenvalue weighted by molar-refractivity contribution is 7.89. The number of esters is 1. The number of ether oxygens (including phenoxy) is 1. The van der Waals surface area contributed by atoms with Gasteiger partial charge in [0.15, 0.2) is 0 Å². The average molecular weight is 451 g/mol. The fourth-order valence-electron chi connectivity index (χ4n) is 4.22. The number of carbonyl (C=O) groups excluding carboxylic acids is 1. The van der Waals surface area contributed by atoms with E-state index in [2.05, 4.69) is 16.4 Å². The van der Waals surface area contributed by atoms with Gasteiger partial charge in [-0.25, -0.2) is 13.4 Å². The predicted octanol–water partition coefficient (Wildman–Crippen LogP) is 2.86. The van der Waals surface area contributed by atoms with Crippen molar-refractivity contribution in [1.29, 1.82) is 0 Å². The normalized spacial score (nSPS) is 16.7. The highest BCUT2D eigenvalue weighted by Crippen LogP contribution is 2.25. The molecule has 0 radical (unpaired) electrons. The number of methoxy groups -OCH3 is 1. The molecule has 0 saturated carbocycles. The zero-order valence-electron chi connectivity index (χ0n) is 19.0. The summed E-state index contributed by atoms with van der Waals surface area (Å²) in [5.41, 5.74) is 1.61. The lowest BCUT2D eigenvalue weighted by molar-refractivity contribution is -0.145. The minimum Gasteiger partial charge on any atom is -0.469 e. The molecule has 3 rings (SSSR count). The van der Waals surface area contributed by atoms with Crippen LogP contribution in [0.15, 0.2) is 23.1 Å². The van der Waals surface area contributed by atoms with Crippen LogP contribution in [0.5, 0.6) is 0 Å². The van der Waals surface area contributed by atoms with Gasteiger partial charge < -0.3 is 9.30 Å². The first-order chi connectivity index (χ1) is 14.8. The number of benzene rings is 1. The molecule has 172 valence electrons. The maximum absolute atomic E-state index is 13.1. The predicted molar refractivity (Wildman–Crippen MR) is 120 cm³/mol. The molecule has 0 bridgehead atoms. The van der Waals surface area contributed by atoms with Crippen molar-refractivity contribution in [3.8, 4) is 0 Å². The Bertz CT molecular complexity index is 1010. The fourth-order valence-corrected chi connectivity index (χ4v) is 5.75. The Labute approximate surface area is 185 Å². The summed E-state index contributed by atoms with van der Waals surface area (Å²) in [6.45, 7) is 9.77. The molecule has 1 aliphatic rings. The molecule has 0 spiro atoms. The molecule has 1 aromatic carbocycles. The third-order valence-electron chi connectivity index (χ3n) is 6.02. The molecule has 2 heterocycles. The van der Waals surface area contributed by atoms with Gasteiger partial charge in [-0.05, 0) is 44.5 Å². The van der Waals surface area contributed by atoms with Gasteiger partial charge in [0.05, 0.1) is 35.5 Å². The number of carbonyl (C=O) groups is 1. The van der Waals surface area contributed by atoms with Gasteiger partial charge in [-0.2, -0.15) is 4.31 Å². The van der Waals surface area contributed by atoms with Gasteiger partial charge >= 0.3 is 5.97 Å². The lowest BCUT2D eigenvalue weighted by Crippen LogP contribution is -2.35. The molecule has 1 atom stereocenters. The second-order valence-corrected chi connectivity index (χ2v) is 10.1. The zero-order valence-corrected chi connectivity index (χ0v) is 19.8. The first kappa shape index (κ1) is 23.7. The van der Waals surface area contributed by atoms with Crippen LogP contribution in [-0.4, -0.2) is 66.4 Å². The number of hydrogen-bond donors (Lipinski definition) is 0. The van der Waals surface area contributed by atoms with Crippen LogP contribution in [0.25, 0.3) is 11.0 Å². The topological polar surface area (TPSA) is 84.7 Å². The fraction of sp³-hybridized carbons (Fsp3) is 0.636. The number of rotatable bonds is 9. The molecule has 1 aliphatic heterocycles. The number of aryl methyl sites for hydroxylation is 1. The van der Waals surface area contributed by atoms with Gasteiger partial charge in [0.2, 0.25) is 10.0 Å². The van der Waals surface area contributed by atoms with Crippen LogP contribution >= 0.6 is 0 Å². The molecular weight excluding hydrogens is 416 g/mol. The summed E-state index contributed by atoms with van der Waals surface area (Å²) in [4.78, 5) is 19.1. The van der Waals surface area contributed by atoms with Crippen molar-refractivity contribution in [2.24, 2.45) is 5.92 Å². The number of piperidine rings is 1. The quantitative estimate of drug-likeness (QED) is 0.546. The average Bonchev–Trinajstić information content (AvgIpc) is 3.14. The highest BCUT2D eigenvalue weighted by atomic mass is 32.2. The first-order valence-electron chi connectivity index (χ1n) is 11.1. The largest absolute Gasteiger partial charge is 0.469 e. The molecule has 31 heavy (non-hydrogen) atoms. The molecule has 9 heteroatoms. The summed E-state index contributed by atoms with van der Waals surface area (Å²) in [6.07, 6.45) is 2.90. The molecule has 1 aromatic heterocycles. The van der Waals surface area contributed by atoms with E-state index in [1.165, 1.54) is 7.11 Å². The first-order valence-corrected chi connectivity index (χ1v) is 12.5. The molecular formula is C22H34N4O4S. The van der Waals surface area contributed by atoms with Crippen molar-refractivity contribution in [1.82, 2.24) is 18.8 Å². The number of aromatic nitrogens is 2. The van der Waals surface area contributed by atoms with E-state index >= 15 is 0 Å². The van der Waals surface area contributed by atoms with Crippen molar-refractivity contribution in [3.05, 3.63) is 24.0 Å². The smallest absolute Gasteiger partial charge is 0.309 e. The monoisotopic (exact) mass is 450 g/mol. The minimum atomic E-state index is -3.50. The summed E-state index contributed by atoms with van der Waals surface area (Å²) >= 11 is 0. The van der Waals surface area contributed by atoms with Crippen molar-refractivity contribution < 1.29 is 17.9 Å². The van der Waals surface area contributed by atoms with Crippen LogP contribution in [0, 0.1) is 5.92 Å². The Kier molecular flexibility index (Phi) is 7.72. The maximum atomic E-state index is 13.1. The summed E-state index contributed by atoms with van der Waals surface area (Å²) in [5.74, 6) is 0.407. The minimum absolute atomic E-state index is 0.227. The van der Waals surface area contributed by atoms with Crippen LogP contribution in [0.2, 0.25) is 0 Å². The second-order valence-electron chi connectivity index (χ2n) is 8.14. The van der Waals surface area contributed by atoms with Gasteiger partial charge in [-0.15, -0.1) is 0 Å². The van der Waals surface area contributed by atoms with E-state index in [1.807, 2.05) is 19.9 Å². The molecule has 2 aromatic rings. The molecule has 0 aliphatic carbocycles. The van der Waals surface area contributed by atoms with Crippen molar-refractivity contribution >= 4 is 27.0 Å². The molecule has 1 unspecified atom stereocenters. The number of sulfonamides is 1. The summed E-state index contributed by atoms with van der Waals surface area (Å²) in [6, 6.07) is 5.25. The van der Waals surface area contributed by atoms with E-state index in [1.54, 1.807) is 16.4 Å². The van der Waals surface area contributed by atoms with E-state index < -0.39 is 10.0 Å². The number of nitrogens with zero attached hydrogens (tertiary/aromatic N) is 4. The van der Waals surface area contributed by atoms with E-state index in [0.717, 1.165) is 43.7 Å². The molecule has 1 fully saturated rings. The number of fused-ring (bicyclic) bond motifs is 1. The van der Waals surface area contributed by atoms with E-state index in [-0.39, 0.29) is 11.9 Å². The van der Waals surface area contributed by atoms with E-state index in [9.17, 15) is 13.2 Å². The Hall–Kier alpha value is -1.97. The molecule has 0 amide bonds. The SMILES string of the molecule is CCN(Cc1nc2cc(S(=O)(=O)N3CCCCC3)ccc2n1CC)CC(C)C(=O)OC. The number of hydrogen-bond acceptors (Lipinski definition) is 6. The number of imidazole rings is 1. The Morgan fingerprint density at radius 2 is 1.94 bits per heavy atom. The second kappa shape index (κ2) is 10.1. The van der Waals surface area contributed by atoms with Gasteiger partial charge in [-0.3, -0.25) is 9.69 Å². The van der Waals surface area contributed by atoms with Gasteiger partial charge in [-0.1, -0.05) is 20.3 Å². The molecule has 0 N–H and O–H groups in total. The third-order valence-corrected chi connectivity index (χ3v) is 7.91. The van der Waals surface area contributed by atoms with Gasteiger partial charge in [0.1, 0.15) is 5.82 Å². The van der Waals surface area contributed by atoms with Crippen molar-refractivity contribution in [3.63, 3.8) is 0 Å². The van der Waals surface area contributed by atoms with Crippen LogP contribution in [0.4, 0.5) is 0 Å². The van der Waals surface area contributed by atoms with E-state index in [4.69, 9.17) is 9.72 Å². The van der Waals surface area contributed by atoms with Crippen LogP contribution < -0.4 is 0 Å². The lowest BCUT2D eigenvalue weighted by atomic mass is 10.1.